The van der Waals surface area contributed by atoms with Crippen molar-refractivity contribution in [3.8, 4) is 0 Å². The van der Waals surface area contributed by atoms with Gasteiger partial charge in [0.25, 0.3) is 5.91 Å². The summed E-state index contributed by atoms with van der Waals surface area (Å²) < 4.78 is 28.6. The van der Waals surface area contributed by atoms with Crippen LogP contribution in [-0.4, -0.2) is 21.6 Å². The van der Waals surface area contributed by atoms with Crippen LogP contribution in [0, 0.1) is 11.6 Å². The zero-order valence-corrected chi connectivity index (χ0v) is 15.5. The molecule has 0 bridgehead atoms. The zero-order chi connectivity index (χ0) is 19.7. The number of thiazole rings is 1. The lowest BCUT2D eigenvalue weighted by atomic mass is 10.2. The number of hydrogen-bond acceptors (Lipinski definition) is 3. The first kappa shape index (κ1) is 19.2. The molecule has 1 amide bonds. The van der Waals surface area contributed by atoms with Gasteiger partial charge in [0.2, 0.25) is 0 Å². The average Bonchev–Trinajstić information content (AvgIpc) is 2.95. The molecule has 140 valence electrons. The van der Waals surface area contributed by atoms with Gasteiger partial charge in [-0.25, -0.2) is 13.6 Å². The lowest BCUT2D eigenvalue weighted by Crippen LogP contribution is -2.27. The molecule has 5 nitrogen and oxygen atoms in total. The molecule has 0 spiro atoms. The summed E-state index contributed by atoms with van der Waals surface area (Å²) in [5, 5.41) is 9.96. The number of fused-ring (bicyclic) bond motifs is 1. The number of rotatable bonds is 4. The summed E-state index contributed by atoms with van der Waals surface area (Å²) >= 11 is 7.14. The van der Waals surface area contributed by atoms with Crippen molar-refractivity contribution in [2.24, 2.45) is 4.99 Å². The maximum Gasteiger partial charge on any atom is 0.326 e. The molecule has 2 aromatic carbocycles. The van der Waals surface area contributed by atoms with Gasteiger partial charge in [0, 0.05) is 10.6 Å². The second-order valence-corrected chi connectivity index (χ2v) is 7.12. The van der Waals surface area contributed by atoms with Crippen LogP contribution >= 0.6 is 22.9 Å². The Morgan fingerprint density at radius 3 is 2.59 bits per heavy atom. The molecule has 0 fully saturated rings. The Hall–Kier alpha value is -2.58. The molecule has 1 atom stereocenters. The van der Waals surface area contributed by atoms with E-state index < -0.39 is 29.6 Å². The van der Waals surface area contributed by atoms with Crippen molar-refractivity contribution in [3.63, 3.8) is 0 Å². The molecule has 3 rings (SSSR count). The molecule has 3 aromatic rings. The third kappa shape index (κ3) is 3.77. The predicted molar refractivity (Wildman–Crippen MR) is 98.0 cm³/mol. The molecular weight excluding hydrogens is 398 g/mol. The van der Waals surface area contributed by atoms with Gasteiger partial charge >= 0.3 is 5.97 Å². The molecule has 1 unspecified atom stereocenters. The van der Waals surface area contributed by atoms with E-state index in [1.807, 2.05) is 0 Å². The molecule has 1 N–H and O–H groups in total. The van der Waals surface area contributed by atoms with Crippen molar-refractivity contribution in [1.82, 2.24) is 4.57 Å². The van der Waals surface area contributed by atoms with Gasteiger partial charge in [-0.05, 0) is 42.8 Å². The average molecular weight is 411 g/mol. The van der Waals surface area contributed by atoms with Crippen LogP contribution in [0.1, 0.15) is 29.7 Å². The highest BCUT2D eigenvalue weighted by Crippen LogP contribution is 2.26. The summed E-state index contributed by atoms with van der Waals surface area (Å²) in [6, 6.07) is 6.69. The van der Waals surface area contributed by atoms with Crippen LogP contribution in [0.25, 0.3) is 10.2 Å². The fraction of sp³-hybridized carbons (Fsp3) is 0.167. The molecule has 9 heteroatoms. The number of hydrogen-bond donors (Lipinski definition) is 1. The third-order valence-corrected chi connectivity index (χ3v) is 5.21. The first-order chi connectivity index (χ1) is 12.8. The number of halogens is 3. The van der Waals surface area contributed by atoms with Crippen molar-refractivity contribution in [2.45, 2.75) is 19.4 Å². The Morgan fingerprint density at radius 2 is 1.96 bits per heavy atom. The molecule has 0 saturated heterocycles. The largest absolute Gasteiger partial charge is 0.480 e. The van der Waals surface area contributed by atoms with Crippen molar-refractivity contribution < 1.29 is 23.5 Å². The van der Waals surface area contributed by atoms with E-state index in [-0.39, 0.29) is 16.8 Å². The Kier molecular flexibility index (Phi) is 5.38. The first-order valence-electron chi connectivity index (χ1n) is 7.89. The normalized spacial score (nSPS) is 13.1. The number of carboxylic acids is 1. The van der Waals surface area contributed by atoms with Crippen LogP contribution in [0.4, 0.5) is 8.78 Å². The van der Waals surface area contributed by atoms with Gasteiger partial charge < -0.3 is 9.67 Å². The molecule has 27 heavy (non-hydrogen) atoms. The topological polar surface area (TPSA) is 71.7 Å². The summed E-state index contributed by atoms with van der Waals surface area (Å²) in [5.41, 5.74) is 0.387. The predicted octanol–water partition coefficient (Wildman–Crippen LogP) is 4.41. The molecule has 0 aliphatic rings. The Balaban J connectivity index is 2.23. The van der Waals surface area contributed by atoms with Crippen molar-refractivity contribution >= 4 is 45.0 Å². The van der Waals surface area contributed by atoms with E-state index in [4.69, 9.17) is 11.6 Å². The van der Waals surface area contributed by atoms with Crippen LogP contribution in [0.15, 0.2) is 41.4 Å². The van der Waals surface area contributed by atoms with Gasteiger partial charge in [-0.1, -0.05) is 29.9 Å². The number of aliphatic carboxylic acids is 1. The number of carboxylic acid groups (broad SMARTS) is 1. The van der Waals surface area contributed by atoms with E-state index in [0.717, 1.165) is 29.5 Å². The standard InChI is InChI=1S/C18H13ClF2N2O3S/c1-2-13(17(25)26)23-14-8-10(19)4-6-15(14)27-18(23)22-16(24)9-3-5-11(20)12(21)7-9/h3-8,13H,2H2,1H3,(H,25,26)/b22-18-. The highest BCUT2D eigenvalue weighted by atomic mass is 35.5. The molecular formula is C18H13ClF2N2O3S. The van der Waals surface area contributed by atoms with Crippen LogP contribution < -0.4 is 4.80 Å². The number of amides is 1. The highest BCUT2D eigenvalue weighted by Gasteiger charge is 2.22. The Bertz CT molecular complexity index is 1120. The van der Waals surface area contributed by atoms with Gasteiger partial charge in [-0.2, -0.15) is 4.99 Å². The van der Waals surface area contributed by atoms with E-state index in [2.05, 4.69) is 4.99 Å². The smallest absolute Gasteiger partial charge is 0.326 e. The number of nitrogens with zero attached hydrogens (tertiary/aromatic N) is 2. The van der Waals surface area contributed by atoms with E-state index >= 15 is 0 Å². The molecule has 1 aromatic heterocycles. The molecule has 0 radical (unpaired) electrons. The second kappa shape index (κ2) is 7.58. The van der Waals surface area contributed by atoms with Crippen LogP contribution in [0.2, 0.25) is 5.02 Å². The minimum absolute atomic E-state index is 0.135. The van der Waals surface area contributed by atoms with E-state index in [1.54, 1.807) is 25.1 Å². The first-order valence-corrected chi connectivity index (χ1v) is 9.08. The Labute approximate surface area is 161 Å². The summed E-state index contributed by atoms with van der Waals surface area (Å²) in [7, 11) is 0. The van der Waals surface area contributed by atoms with Gasteiger partial charge in [0.05, 0.1) is 10.2 Å². The molecule has 0 aliphatic heterocycles. The van der Waals surface area contributed by atoms with Gasteiger partial charge in [0.15, 0.2) is 16.4 Å². The molecule has 0 saturated carbocycles. The molecule has 1 heterocycles. The van der Waals surface area contributed by atoms with Gasteiger partial charge in [-0.3, -0.25) is 4.79 Å². The minimum atomic E-state index is -1.16. The van der Waals surface area contributed by atoms with Gasteiger partial charge in [-0.15, -0.1) is 0 Å². The maximum absolute atomic E-state index is 13.4. The fourth-order valence-corrected chi connectivity index (χ4v) is 3.86. The number of aromatic nitrogens is 1. The highest BCUT2D eigenvalue weighted by molar-refractivity contribution is 7.16. The number of carbonyl (C=O) groups is 2. The zero-order valence-electron chi connectivity index (χ0n) is 13.9. The maximum atomic E-state index is 13.4. The van der Waals surface area contributed by atoms with E-state index in [1.165, 1.54) is 4.57 Å². The number of benzene rings is 2. The van der Waals surface area contributed by atoms with Crippen molar-refractivity contribution in [3.05, 3.63) is 63.4 Å². The quantitative estimate of drug-likeness (QED) is 0.692. The van der Waals surface area contributed by atoms with Gasteiger partial charge in [0.1, 0.15) is 6.04 Å². The second-order valence-electron chi connectivity index (χ2n) is 5.67. The SMILES string of the molecule is CCC(C(=O)O)n1/c(=N/C(=O)c2ccc(F)c(F)c2)sc2ccc(Cl)cc21. The van der Waals surface area contributed by atoms with Crippen LogP contribution in [-0.2, 0) is 4.79 Å². The Morgan fingerprint density at radius 1 is 1.22 bits per heavy atom. The van der Waals surface area contributed by atoms with Crippen molar-refractivity contribution in [1.29, 1.82) is 0 Å². The van der Waals surface area contributed by atoms with E-state index in [9.17, 15) is 23.5 Å². The van der Waals surface area contributed by atoms with Crippen LogP contribution in [0.5, 0.6) is 0 Å². The third-order valence-electron chi connectivity index (χ3n) is 3.94. The number of carbonyl (C=O) groups excluding carboxylic acids is 1. The minimum Gasteiger partial charge on any atom is -0.480 e. The summed E-state index contributed by atoms with van der Waals surface area (Å²) in [5.74, 6) is -4.13. The summed E-state index contributed by atoms with van der Waals surface area (Å²) in [6.07, 6.45) is 0.250. The summed E-state index contributed by atoms with van der Waals surface area (Å²) in [6.45, 7) is 1.70. The lowest BCUT2D eigenvalue weighted by molar-refractivity contribution is -0.140. The van der Waals surface area contributed by atoms with E-state index in [0.29, 0.717) is 15.2 Å². The fourth-order valence-electron chi connectivity index (χ4n) is 2.64. The monoisotopic (exact) mass is 410 g/mol. The summed E-state index contributed by atoms with van der Waals surface area (Å²) in [4.78, 5) is 28.2. The van der Waals surface area contributed by atoms with Crippen molar-refractivity contribution in [2.75, 3.05) is 0 Å². The lowest BCUT2D eigenvalue weighted by Gasteiger charge is -2.13. The van der Waals surface area contributed by atoms with Crippen LogP contribution in [0.3, 0.4) is 0 Å². The molecule has 0 aliphatic carbocycles.